The molecule has 2 N–H and O–H groups in total. The number of aromatic nitrogens is 4. The van der Waals surface area contributed by atoms with Gasteiger partial charge in [0.2, 0.25) is 0 Å². The maximum absolute atomic E-state index is 11.7. The number of aromatic amines is 2. The highest BCUT2D eigenvalue weighted by atomic mass is 16.1. The Labute approximate surface area is 115 Å². The maximum atomic E-state index is 11.7. The molecule has 4 rings (SSSR count). The Hall–Kier alpha value is -2.43. The molecule has 2 heterocycles. The van der Waals surface area contributed by atoms with E-state index in [-0.39, 0.29) is 5.69 Å². The van der Waals surface area contributed by atoms with Crippen LogP contribution >= 0.6 is 0 Å². The molecule has 0 atom stereocenters. The van der Waals surface area contributed by atoms with Crippen LogP contribution in [-0.4, -0.2) is 20.2 Å². The molecule has 0 bridgehead atoms. The number of rotatable bonds is 2. The van der Waals surface area contributed by atoms with E-state index >= 15 is 0 Å². The third-order valence-electron chi connectivity index (χ3n) is 4.08. The number of benzene rings is 1. The topological polar surface area (TPSA) is 74.4 Å². The molecule has 2 aromatic heterocycles. The standard InChI is InChI=1S/C15H14N4O/c20-15-17-13-5-4-10(12-6-7-16-19-12)8-11(13)14(18-15)9-2-1-3-9/h4-9H,1-3H2,(H,16,19)(H,17,18,20). The zero-order chi connectivity index (χ0) is 13.5. The molecule has 0 radical (unpaired) electrons. The van der Waals surface area contributed by atoms with Crippen molar-refractivity contribution in [1.29, 1.82) is 0 Å². The fourth-order valence-electron chi connectivity index (χ4n) is 2.77. The van der Waals surface area contributed by atoms with Gasteiger partial charge in [-0.25, -0.2) is 4.79 Å². The molecule has 5 heteroatoms. The van der Waals surface area contributed by atoms with Crippen LogP contribution in [0.2, 0.25) is 0 Å². The number of fused-ring (bicyclic) bond motifs is 1. The summed E-state index contributed by atoms with van der Waals surface area (Å²) in [5.74, 6) is 0.463. The summed E-state index contributed by atoms with van der Waals surface area (Å²) in [4.78, 5) is 18.7. The number of nitrogens with one attached hydrogen (secondary N) is 2. The number of H-pyrrole nitrogens is 2. The largest absolute Gasteiger partial charge is 0.345 e. The van der Waals surface area contributed by atoms with E-state index in [9.17, 15) is 4.79 Å². The van der Waals surface area contributed by atoms with Gasteiger partial charge in [0.1, 0.15) is 0 Å². The zero-order valence-corrected chi connectivity index (χ0v) is 10.9. The smallest absolute Gasteiger partial charge is 0.309 e. The average Bonchev–Trinajstić information content (AvgIpc) is 2.90. The highest BCUT2D eigenvalue weighted by Crippen LogP contribution is 2.38. The van der Waals surface area contributed by atoms with Crippen molar-refractivity contribution < 1.29 is 0 Å². The van der Waals surface area contributed by atoms with E-state index in [2.05, 4.69) is 26.2 Å². The Morgan fingerprint density at radius 1 is 1.20 bits per heavy atom. The van der Waals surface area contributed by atoms with Crippen molar-refractivity contribution in [3.63, 3.8) is 0 Å². The fourth-order valence-corrected chi connectivity index (χ4v) is 2.77. The SMILES string of the molecule is O=c1nc2ccc(-c3ccn[nH]3)cc2c(C2CCC2)[nH]1. The maximum Gasteiger partial charge on any atom is 0.345 e. The minimum absolute atomic E-state index is 0.256. The molecule has 20 heavy (non-hydrogen) atoms. The summed E-state index contributed by atoms with van der Waals surface area (Å²) in [6.45, 7) is 0. The molecule has 1 aromatic carbocycles. The highest BCUT2D eigenvalue weighted by Gasteiger charge is 2.23. The molecular formula is C15H14N4O. The normalized spacial score (nSPS) is 15.4. The van der Waals surface area contributed by atoms with E-state index in [1.165, 1.54) is 6.42 Å². The monoisotopic (exact) mass is 266 g/mol. The van der Waals surface area contributed by atoms with Crippen LogP contribution in [0.5, 0.6) is 0 Å². The van der Waals surface area contributed by atoms with Crippen LogP contribution in [-0.2, 0) is 0 Å². The molecule has 5 nitrogen and oxygen atoms in total. The molecule has 1 aliphatic carbocycles. The first-order valence-electron chi connectivity index (χ1n) is 6.85. The quantitative estimate of drug-likeness (QED) is 0.748. The minimum Gasteiger partial charge on any atom is -0.309 e. The van der Waals surface area contributed by atoms with Gasteiger partial charge in [-0.2, -0.15) is 10.1 Å². The summed E-state index contributed by atoms with van der Waals surface area (Å²) in [5.41, 5.74) is 3.57. The molecular weight excluding hydrogens is 252 g/mol. The second-order valence-corrected chi connectivity index (χ2v) is 5.29. The molecule has 3 aromatic rings. The van der Waals surface area contributed by atoms with Gasteiger partial charge in [-0.3, -0.25) is 5.10 Å². The van der Waals surface area contributed by atoms with Gasteiger partial charge in [-0.05, 0) is 37.0 Å². The third-order valence-corrected chi connectivity index (χ3v) is 4.08. The lowest BCUT2D eigenvalue weighted by Crippen LogP contribution is -2.19. The van der Waals surface area contributed by atoms with Crippen LogP contribution < -0.4 is 5.69 Å². The number of hydrogen-bond acceptors (Lipinski definition) is 3. The van der Waals surface area contributed by atoms with Crippen LogP contribution in [0.4, 0.5) is 0 Å². The van der Waals surface area contributed by atoms with Crippen molar-refractivity contribution in [2.75, 3.05) is 0 Å². The lowest BCUT2D eigenvalue weighted by atomic mass is 9.81. The molecule has 1 aliphatic rings. The van der Waals surface area contributed by atoms with Gasteiger partial charge in [0, 0.05) is 22.8 Å². The zero-order valence-electron chi connectivity index (χ0n) is 10.9. The molecule has 0 aliphatic heterocycles. The van der Waals surface area contributed by atoms with E-state index < -0.39 is 0 Å². The second kappa shape index (κ2) is 4.30. The summed E-state index contributed by atoms with van der Waals surface area (Å²) >= 11 is 0. The predicted octanol–water partition coefficient (Wildman–Crippen LogP) is 2.58. The van der Waals surface area contributed by atoms with E-state index in [1.54, 1.807) is 6.20 Å². The van der Waals surface area contributed by atoms with Crippen molar-refractivity contribution in [2.24, 2.45) is 0 Å². The first-order chi connectivity index (χ1) is 9.81. The molecule has 100 valence electrons. The summed E-state index contributed by atoms with van der Waals surface area (Å²) in [6, 6.07) is 7.89. The molecule has 0 unspecified atom stereocenters. The van der Waals surface area contributed by atoms with Crippen LogP contribution in [0.25, 0.3) is 22.2 Å². The third kappa shape index (κ3) is 1.74. The Bertz CT molecular complexity index is 816. The molecule has 0 spiro atoms. The van der Waals surface area contributed by atoms with Crippen molar-refractivity contribution in [3.8, 4) is 11.3 Å². The van der Waals surface area contributed by atoms with Gasteiger partial charge in [-0.1, -0.05) is 12.5 Å². The lowest BCUT2D eigenvalue weighted by Gasteiger charge is -2.26. The van der Waals surface area contributed by atoms with Gasteiger partial charge in [0.05, 0.1) is 11.2 Å². The van der Waals surface area contributed by atoms with Gasteiger partial charge in [0.25, 0.3) is 0 Å². The van der Waals surface area contributed by atoms with Crippen LogP contribution in [0, 0.1) is 0 Å². The molecule has 1 saturated carbocycles. The predicted molar refractivity (Wildman–Crippen MR) is 76.5 cm³/mol. The van der Waals surface area contributed by atoms with Crippen molar-refractivity contribution >= 4 is 10.9 Å². The average molecular weight is 266 g/mol. The first-order valence-corrected chi connectivity index (χ1v) is 6.85. The Morgan fingerprint density at radius 2 is 2.10 bits per heavy atom. The highest BCUT2D eigenvalue weighted by molar-refractivity contribution is 5.86. The van der Waals surface area contributed by atoms with Crippen molar-refractivity contribution in [3.05, 3.63) is 46.6 Å². The van der Waals surface area contributed by atoms with Gasteiger partial charge < -0.3 is 4.98 Å². The van der Waals surface area contributed by atoms with Gasteiger partial charge in [-0.15, -0.1) is 0 Å². The molecule has 0 amide bonds. The summed E-state index contributed by atoms with van der Waals surface area (Å²) in [7, 11) is 0. The van der Waals surface area contributed by atoms with Crippen LogP contribution in [0.1, 0.15) is 30.9 Å². The summed E-state index contributed by atoms with van der Waals surface area (Å²) < 4.78 is 0. The van der Waals surface area contributed by atoms with Gasteiger partial charge >= 0.3 is 5.69 Å². The van der Waals surface area contributed by atoms with Crippen LogP contribution in [0.15, 0.2) is 35.3 Å². The van der Waals surface area contributed by atoms with Crippen LogP contribution in [0.3, 0.4) is 0 Å². The summed E-state index contributed by atoms with van der Waals surface area (Å²) in [6.07, 6.45) is 5.25. The number of nitrogens with zero attached hydrogens (tertiary/aromatic N) is 2. The van der Waals surface area contributed by atoms with Gasteiger partial charge in [0.15, 0.2) is 0 Å². The Balaban J connectivity index is 1.95. The van der Waals surface area contributed by atoms with Crippen molar-refractivity contribution in [1.82, 2.24) is 20.2 Å². The first kappa shape index (κ1) is 11.4. The minimum atomic E-state index is -0.256. The summed E-state index contributed by atoms with van der Waals surface area (Å²) in [5, 5.41) is 7.99. The van der Waals surface area contributed by atoms with E-state index in [4.69, 9.17) is 0 Å². The second-order valence-electron chi connectivity index (χ2n) is 5.29. The lowest BCUT2D eigenvalue weighted by molar-refractivity contribution is 0.413. The Morgan fingerprint density at radius 3 is 2.80 bits per heavy atom. The number of hydrogen-bond donors (Lipinski definition) is 2. The molecule has 1 fully saturated rings. The fraction of sp³-hybridized carbons (Fsp3) is 0.267. The van der Waals surface area contributed by atoms with E-state index in [0.717, 1.165) is 40.7 Å². The van der Waals surface area contributed by atoms with E-state index in [1.807, 2.05) is 18.2 Å². The Kier molecular flexibility index (Phi) is 2.45. The van der Waals surface area contributed by atoms with E-state index in [0.29, 0.717) is 5.92 Å². The molecule has 0 saturated heterocycles. The van der Waals surface area contributed by atoms with Crippen molar-refractivity contribution in [2.45, 2.75) is 25.2 Å².